The van der Waals surface area contributed by atoms with Gasteiger partial charge in [0.2, 0.25) is 5.95 Å². The fraction of sp³-hybridized carbons (Fsp3) is 0.0455. The van der Waals surface area contributed by atoms with E-state index in [1.165, 1.54) is 24.6 Å². The van der Waals surface area contributed by atoms with Gasteiger partial charge in [0.15, 0.2) is 0 Å². The molecule has 0 aliphatic carbocycles. The molecule has 5 aromatic rings. The summed E-state index contributed by atoms with van der Waals surface area (Å²) in [7, 11) is 0. The molecule has 0 aliphatic rings. The molecule has 152 valence electrons. The van der Waals surface area contributed by atoms with Crippen molar-refractivity contribution in [2.45, 2.75) is 6.92 Å². The highest BCUT2D eigenvalue weighted by Crippen LogP contribution is 2.27. The topological polar surface area (TPSA) is 94.6 Å². The van der Waals surface area contributed by atoms with Crippen LogP contribution in [-0.4, -0.2) is 29.9 Å². The molecule has 0 saturated heterocycles. The van der Waals surface area contributed by atoms with Gasteiger partial charge in [0.25, 0.3) is 0 Å². The Morgan fingerprint density at radius 2 is 1.81 bits per heavy atom. The minimum atomic E-state index is -0.374. The van der Waals surface area contributed by atoms with Crippen LogP contribution in [0.3, 0.4) is 0 Å². The van der Waals surface area contributed by atoms with Gasteiger partial charge in [-0.25, -0.2) is 24.0 Å². The molecule has 1 N–H and O–H groups in total. The molecule has 0 radical (unpaired) electrons. The predicted octanol–water partition coefficient (Wildman–Crippen LogP) is 4.57. The summed E-state index contributed by atoms with van der Waals surface area (Å²) >= 11 is 0. The van der Waals surface area contributed by atoms with E-state index in [-0.39, 0.29) is 5.82 Å². The minimum absolute atomic E-state index is 0.374. The van der Waals surface area contributed by atoms with E-state index < -0.39 is 0 Å². The van der Waals surface area contributed by atoms with Crippen molar-refractivity contribution >= 4 is 11.6 Å². The quantitative estimate of drug-likeness (QED) is 0.451. The number of nitrogens with zero attached hydrogens (tertiary/aromatic N) is 6. The molecule has 0 fully saturated rings. The Balaban J connectivity index is 1.40. The lowest BCUT2D eigenvalue weighted by Crippen LogP contribution is -1.99. The second kappa shape index (κ2) is 7.79. The van der Waals surface area contributed by atoms with Crippen molar-refractivity contribution in [3.8, 4) is 28.1 Å². The number of hydrogen-bond acceptors (Lipinski definition) is 7. The van der Waals surface area contributed by atoms with Crippen molar-refractivity contribution in [1.29, 1.82) is 0 Å². The molecule has 0 atom stereocenters. The summed E-state index contributed by atoms with van der Waals surface area (Å²) in [5, 5.41) is 11.1. The van der Waals surface area contributed by atoms with Gasteiger partial charge in [-0.2, -0.15) is 5.10 Å². The zero-order chi connectivity index (χ0) is 21.2. The molecule has 0 bridgehead atoms. The molecule has 0 aliphatic heterocycles. The highest BCUT2D eigenvalue weighted by molar-refractivity contribution is 5.71. The highest BCUT2D eigenvalue weighted by Gasteiger charge is 2.09. The van der Waals surface area contributed by atoms with E-state index in [1.54, 1.807) is 23.3 Å². The molecular formula is C22H16FN7O. The Morgan fingerprint density at radius 3 is 2.55 bits per heavy atom. The normalized spacial score (nSPS) is 10.9. The Bertz CT molecular complexity index is 1330. The van der Waals surface area contributed by atoms with Gasteiger partial charge in [-0.1, -0.05) is 5.16 Å². The highest BCUT2D eigenvalue weighted by atomic mass is 19.1. The van der Waals surface area contributed by atoms with Gasteiger partial charge in [0.05, 0.1) is 17.6 Å². The number of rotatable bonds is 5. The number of anilines is 2. The van der Waals surface area contributed by atoms with Gasteiger partial charge in [-0.05, 0) is 61.0 Å². The first-order valence-electron chi connectivity index (χ1n) is 9.43. The van der Waals surface area contributed by atoms with Gasteiger partial charge in [0.1, 0.15) is 24.2 Å². The lowest BCUT2D eigenvalue weighted by atomic mass is 10.0. The molecule has 0 spiro atoms. The molecule has 8 nitrogen and oxygen atoms in total. The largest absolute Gasteiger partial charge is 0.364 e. The minimum Gasteiger partial charge on any atom is -0.364 e. The molecule has 3 heterocycles. The van der Waals surface area contributed by atoms with E-state index in [4.69, 9.17) is 4.52 Å². The van der Waals surface area contributed by atoms with Gasteiger partial charge >= 0.3 is 0 Å². The summed E-state index contributed by atoms with van der Waals surface area (Å²) < 4.78 is 20.8. The Labute approximate surface area is 176 Å². The summed E-state index contributed by atoms with van der Waals surface area (Å²) in [6.07, 6.45) is 6.30. The van der Waals surface area contributed by atoms with Crippen molar-refractivity contribution in [3.05, 3.63) is 85.2 Å². The van der Waals surface area contributed by atoms with Crippen LogP contribution in [0, 0.1) is 12.7 Å². The molecule has 9 heteroatoms. The maximum absolute atomic E-state index is 14.2. The number of nitrogens with one attached hydrogen (secondary N) is 1. The van der Waals surface area contributed by atoms with E-state index in [0.717, 1.165) is 11.4 Å². The summed E-state index contributed by atoms with van der Waals surface area (Å²) in [5.41, 5.74) is 4.26. The van der Waals surface area contributed by atoms with Crippen molar-refractivity contribution in [2.24, 2.45) is 0 Å². The maximum Gasteiger partial charge on any atom is 0.227 e. The molecule has 5 rings (SSSR count). The average Bonchev–Trinajstić information content (AvgIpc) is 3.46. The van der Waals surface area contributed by atoms with E-state index in [9.17, 15) is 4.39 Å². The second-order valence-corrected chi connectivity index (χ2v) is 6.82. The van der Waals surface area contributed by atoms with Gasteiger partial charge in [0, 0.05) is 23.0 Å². The molecule has 0 unspecified atom stereocenters. The van der Waals surface area contributed by atoms with Crippen LogP contribution >= 0.6 is 0 Å². The smallest absolute Gasteiger partial charge is 0.227 e. The van der Waals surface area contributed by atoms with Gasteiger partial charge in [-0.3, -0.25) is 0 Å². The molecule has 0 amide bonds. The van der Waals surface area contributed by atoms with E-state index in [1.807, 2.05) is 37.3 Å². The van der Waals surface area contributed by atoms with Crippen LogP contribution in [0.2, 0.25) is 0 Å². The first-order chi connectivity index (χ1) is 15.1. The second-order valence-electron chi connectivity index (χ2n) is 6.82. The molecule has 3 aromatic heterocycles. The summed E-state index contributed by atoms with van der Waals surface area (Å²) in [6.45, 7) is 1.84. The predicted molar refractivity (Wildman–Crippen MR) is 112 cm³/mol. The Hall–Kier alpha value is -4.40. The van der Waals surface area contributed by atoms with E-state index in [2.05, 4.69) is 30.5 Å². The van der Waals surface area contributed by atoms with Crippen molar-refractivity contribution in [1.82, 2.24) is 29.9 Å². The van der Waals surface area contributed by atoms with E-state index >= 15 is 0 Å². The van der Waals surface area contributed by atoms with Gasteiger partial charge in [-0.15, -0.1) is 0 Å². The lowest BCUT2D eigenvalue weighted by molar-refractivity contribution is 0.420. The molecule has 0 saturated carbocycles. The van der Waals surface area contributed by atoms with Crippen LogP contribution in [0.25, 0.3) is 28.1 Å². The van der Waals surface area contributed by atoms with E-state index in [0.29, 0.717) is 34.2 Å². The monoisotopic (exact) mass is 413 g/mol. The Morgan fingerprint density at radius 1 is 0.968 bits per heavy atom. The van der Waals surface area contributed by atoms with Crippen LogP contribution in [0.4, 0.5) is 16.0 Å². The van der Waals surface area contributed by atoms with Crippen molar-refractivity contribution in [3.63, 3.8) is 0 Å². The molecule has 2 aromatic carbocycles. The van der Waals surface area contributed by atoms with Crippen molar-refractivity contribution in [2.75, 3.05) is 5.32 Å². The fourth-order valence-corrected chi connectivity index (χ4v) is 3.13. The first kappa shape index (κ1) is 18.6. The average molecular weight is 413 g/mol. The molecular weight excluding hydrogens is 397 g/mol. The van der Waals surface area contributed by atoms with Crippen LogP contribution < -0.4 is 5.32 Å². The maximum atomic E-state index is 14.2. The number of halogens is 1. The van der Waals surface area contributed by atoms with Crippen LogP contribution in [-0.2, 0) is 0 Å². The summed E-state index contributed by atoms with van der Waals surface area (Å²) in [6, 6.07) is 14.0. The molecule has 31 heavy (non-hydrogen) atoms. The zero-order valence-corrected chi connectivity index (χ0v) is 16.4. The summed E-state index contributed by atoms with van der Waals surface area (Å²) in [4.78, 5) is 12.9. The summed E-state index contributed by atoms with van der Waals surface area (Å²) in [5.74, 6) is 0.732. The first-order valence-corrected chi connectivity index (χ1v) is 9.43. The standard InChI is InChI=1S/C22H16FN7O/c1-14-25-13-30(29-14)20-4-2-19(3-5-20)27-22-24-7-6-21(28-22)16-8-15(9-18(23)10-16)17-11-26-31-12-17/h2-13H,1H3,(H,24,27,28). The van der Waals surface area contributed by atoms with Crippen LogP contribution in [0.1, 0.15) is 5.82 Å². The van der Waals surface area contributed by atoms with Crippen molar-refractivity contribution < 1.29 is 8.91 Å². The third-order valence-electron chi connectivity index (χ3n) is 4.61. The lowest BCUT2D eigenvalue weighted by Gasteiger charge is -2.09. The SMILES string of the molecule is Cc1ncn(-c2ccc(Nc3nccc(-c4cc(F)cc(-c5cnoc5)c4)n3)cc2)n1. The number of aromatic nitrogens is 6. The number of benzene rings is 2. The third kappa shape index (κ3) is 4.01. The van der Waals surface area contributed by atoms with Gasteiger partial charge < -0.3 is 9.84 Å². The number of aryl methyl sites for hydroxylation is 1. The van der Waals surface area contributed by atoms with Crippen LogP contribution in [0.15, 0.2) is 78.0 Å². The third-order valence-corrected chi connectivity index (χ3v) is 4.61. The van der Waals surface area contributed by atoms with Crippen LogP contribution in [0.5, 0.6) is 0 Å². The Kier molecular flexibility index (Phi) is 4.68. The fourth-order valence-electron chi connectivity index (χ4n) is 3.13. The zero-order valence-electron chi connectivity index (χ0n) is 16.4. The number of hydrogen-bond donors (Lipinski definition) is 1.